The van der Waals surface area contributed by atoms with E-state index in [2.05, 4.69) is 4.72 Å². The topological polar surface area (TPSA) is 88.4 Å². The molecule has 3 rings (SSSR count). The summed E-state index contributed by atoms with van der Waals surface area (Å²) in [5.41, 5.74) is 1.18. The maximum atomic E-state index is 12.9. The second-order valence-corrected chi connectivity index (χ2v) is 7.17. The van der Waals surface area contributed by atoms with Gasteiger partial charge in [-0.2, -0.15) is 0 Å². The SMILES string of the molecule is O=C(O)CCn1ccc2cc(NS(=O)(=O)c3ccc(F)cc3)ccc21. The summed E-state index contributed by atoms with van der Waals surface area (Å²) in [4.78, 5) is 10.6. The minimum atomic E-state index is -3.81. The van der Waals surface area contributed by atoms with E-state index in [9.17, 15) is 17.6 Å². The van der Waals surface area contributed by atoms with E-state index in [0.29, 0.717) is 12.2 Å². The monoisotopic (exact) mass is 362 g/mol. The third kappa shape index (κ3) is 3.80. The van der Waals surface area contributed by atoms with Crippen molar-refractivity contribution in [1.82, 2.24) is 4.57 Å². The molecule has 3 aromatic rings. The van der Waals surface area contributed by atoms with E-state index in [1.54, 1.807) is 35.0 Å². The number of aryl methyl sites for hydroxylation is 1. The van der Waals surface area contributed by atoms with Crippen molar-refractivity contribution in [1.29, 1.82) is 0 Å². The molecule has 2 N–H and O–H groups in total. The van der Waals surface area contributed by atoms with E-state index in [1.165, 1.54) is 12.1 Å². The molecule has 6 nitrogen and oxygen atoms in total. The average Bonchev–Trinajstić information content (AvgIpc) is 2.95. The predicted molar refractivity (Wildman–Crippen MR) is 91.4 cm³/mol. The first-order valence-electron chi connectivity index (χ1n) is 7.44. The zero-order chi connectivity index (χ0) is 18.0. The quantitative estimate of drug-likeness (QED) is 0.705. The van der Waals surface area contributed by atoms with Gasteiger partial charge in [0, 0.05) is 29.3 Å². The van der Waals surface area contributed by atoms with Gasteiger partial charge in [-0.3, -0.25) is 9.52 Å². The Kier molecular flexibility index (Phi) is 4.45. The van der Waals surface area contributed by atoms with Crippen molar-refractivity contribution in [2.45, 2.75) is 17.9 Å². The van der Waals surface area contributed by atoms with Crippen molar-refractivity contribution in [2.75, 3.05) is 4.72 Å². The van der Waals surface area contributed by atoms with Crippen LogP contribution >= 0.6 is 0 Å². The van der Waals surface area contributed by atoms with E-state index >= 15 is 0 Å². The van der Waals surface area contributed by atoms with Gasteiger partial charge >= 0.3 is 5.97 Å². The maximum Gasteiger partial charge on any atom is 0.305 e. The van der Waals surface area contributed by atoms with E-state index in [4.69, 9.17) is 5.11 Å². The van der Waals surface area contributed by atoms with Crippen molar-refractivity contribution >= 4 is 32.6 Å². The van der Waals surface area contributed by atoms with Crippen LogP contribution in [0.2, 0.25) is 0 Å². The molecule has 1 heterocycles. The van der Waals surface area contributed by atoms with Gasteiger partial charge in [0.05, 0.1) is 11.3 Å². The number of aromatic nitrogens is 1. The summed E-state index contributed by atoms with van der Waals surface area (Å²) in [6.45, 7) is 0.333. The molecule has 1 aromatic heterocycles. The van der Waals surface area contributed by atoms with Crippen LogP contribution in [0.3, 0.4) is 0 Å². The van der Waals surface area contributed by atoms with Crippen molar-refractivity contribution < 1.29 is 22.7 Å². The van der Waals surface area contributed by atoms with Crippen molar-refractivity contribution in [2.24, 2.45) is 0 Å². The lowest BCUT2D eigenvalue weighted by Crippen LogP contribution is -2.12. The number of anilines is 1. The van der Waals surface area contributed by atoms with Gasteiger partial charge in [-0.15, -0.1) is 0 Å². The number of sulfonamides is 1. The number of halogens is 1. The fourth-order valence-electron chi connectivity index (χ4n) is 2.50. The Labute approximate surface area is 143 Å². The van der Waals surface area contributed by atoms with E-state index in [-0.39, 0.29) is 11.3 Å². The highest BCUT2D eigenvalue weighted by atomic mass is 32.2. The number of carbonyl (C=O) groups is 1. The Balaban J connectivity index is 1.84. The van der Waals surface area contributed by atoms with Gasteiger partial charge in [-0.25, -0.2) is 12.8 Å². The van der Waals surface area contributed by atoms with E-state index in [0.717, 1.165) is 23.0 Å². The van der Waals surface area contributed by atoms with E-state index < -0.39 is 21.8 Å². The van der Waals surface area contributed by atoms with Crippen LogP contribution in [0, 0.1) is 5.82 Å². The first-order valence-corrected chi connectivity index (χ1v) is 8.92. The molecule has 0 bridgehead atoms. The van der Waals surface area contributed by atoms with Crippen LogP contribution in [0.15, 0.2) is 59.6 Å². The Morgan fingerprint density at radius 2 is 1.84 bits per heavy atom. The lowest BCUT2D eigenvalue weighted by molar-refractivity contribution is -0.137. The van der Waals surface area contributed by atoms with Crippen LogP contribution in [0.25, 0.3) is 10.9 Å². The lowest BCUT2D eigenvalue weighted by atomic mass is 10.2. The van der Waals surface area contributed by atoms with Gasteiger partial charge in [0.15, 0.2) is 0 Å². The van der Waals surface area contributed by atoms with Gasteiger partial charge < -0.3 is 9.67 Å². The Bertz CT molecular complexity index is 1030. The maximum absolute atomic E-state index is 12.9. The molecule has 0 saturated heterocycles. The van der Waals surface area contributed by atoms with Crippen molar-refractivity contribution in [3.8, 4) is 0 Å². The third-order valence-corrected chi connectivity index (χ3v) is 5.11. The number of hydrogen-bond donors (Lipinski definition) is 2. The number of rotatable bonds is 6. The van der Waals surface area contributed by atoms with Crippen LogP contribution in [-0.4, -0.2) is 24.1 Å². The highest BCUT2D eigenvalue weighted by molar-refractivity contribution is 7.92. The summed E-state index contributed by atoms with van der Waals surface area (Å²) >= 11 is 0. The second kappa shape index (κ2) is 6.56. The number of carboxylic acid groups (broad SMARTS) is 1. The Morgan fingerprint density at radius 3 is 2.52 bits per heavy atom. The third-order valence-electron chi connectivity index (χ3n) is 3.71. The molecular formula is C17H15FN2O4S. The number of fused-ring (bicyclic) bond motifs is 1. The Hall–Kier alpha value is -2.87. The Morgan fingerprint density at radius 1 is 1.12 bits per heavy atom. The smallest absolute Gasteiger partial charge is 0.305 e. The molecule has 0 unspecified atom stereocenters. The minimum Gasteiger partial charge on any atom is -0.481 e. The molecule has 25 heavy (non-hydrogen) atoms. The standard InChI is InChI=1S/C17H15FN2O4S/c18-13-1-4-15(5-2-13)25(23,24)19-14-3-6-16-12(11-14)7-9-20(16)10-8-17(21)22/h1-7,9,11,19H,8,10H2,(H,21,22). The number of benzene rings is 2. The molecule has 0 aliphatic rings. The molecular weight excluding hydrogens is 347 g/mol. The fraction of sp³-hybridized carbons (Fsp3) is 0.118. The van der Waals surface area contributed by atoms with Gasteiger partial charge in [0.25, 0.3) is 10.0 Å². The molecule has 2 aromatic carbocycles. The van der Waals surface area contributed by atoms with Crippen LogP contribution in [0.4, 0.5) is 10.1 Å². The van der Waals surface area contributed by atoms with Crippen LogP contribution in [0.1, 0.15) is 6.42 Å². The number of nitrogens with zero attached hydrogens (tertiary/aromatic N) is 1. The molecule has 0 spiro atoms. The summed E-state index contributed by atoms with van der Waals surface area (Å²) < 4.78 is 41.8. The van der Waals surface area contributed by atoms with Gasteiger partial charge in [0.1, 0.15) is 5.82 Å². The van der Waals surface area contributed by atoms with Crippen LogP contribution in [-0.2, 0) is 21.4 Å². The molecule has 0 aliphatic heterocycles. The normalized spacial score (nSPS) is 11.6. The summed E-state index contributed by atoms with van der Waals surface area (Å²) in [7, 11) is -3.81. The number of aliphatic carboxylic acids is 1. The predicted octanol–water partition coefficient (Wildman–Crippen LogP) is 3.06. The molecule has 8 heteroatoms. The number of hydrogen-bond acceptors (Lipinski definition) is 3. The van der Waals surface area contributed by atoms with Gasteiger partial charge in [-0.1, -0.05) is 0 Å². The fourth-order valence-corrected chi connectivity index (χ4v) is 3.55. The molecule has 0 radical (unpaired) electrons. The first kappa shape index (κ1) is 17.0. The molecule has 0 aliphatic carbocycles. The van der Waals surface area contributed by atoms with Gasteiger partial charge in [0.2, 0.25) is 0 Å². The molecule has 0 amide bonds. The molecule has 0 saturated carbocycles. The minimum absolute atomic E-state index is 0.00271. The summed E-state index contributed by atoms with van der Waals surface area (Å²) in [6.07, 6.45) is 1.76. The highest BCUT2D eigenvalue weighted by Crippen LogP contribution is 2.23. The first-order chi connectivity index (χ1) is 11.8. The molecule has 0 fully saturated rings. The summed E-state index contributed by atoms with van der Waals surface area (Å²) in [5.74, 6) is -1.39. The van der Waals surface area contributed by atoms with Crippen molar-refractivity contribution in [3.63, 3.8) is 0 Å². The van der Waals surface area contributed by atoms with Crippen LogP contribution in [0.5, 0.6) is 0 Å². The molecule has 0 atom stereocenters. The summed E-state index contributed by atoms with van der Waals surface area (Å²) in [5, 5.41) is 9.55. The second-order valence-electron chi connectivity index (χ2n) is 5.49. The summed E-state index contributed by atoms with van der Waals surface area (Å²) in [6, 6.07) is 11.3. The average molecular weight is 362 g/mol. The largest absolute Gasteiger partial charge is 0.481 e. The van der Waals surface area contributed by atoms with Crippen molar-refractivity contribution in [3.05, 3.63) is 60.5 Å². The highest BCUT2D eigenvalue weighted by Gasteiger charge is 2.14. The lowest BCUT2D eigenvalue weighted by Gasteiger charge is -2.09. The zero-order valence-corrected chi connectivity index (χ0v) is 13.8. The van der Waals surface area contributed by atoms with E-state index in [1.807, 2.05) is 0 Å². The molecule has 130 valence electrons. The zero-order valence-electron chi connectivity index (χ0n) is 13.0. The number of nitrogens with one attached hydrogen (secondary N) is 1. The number of carboxylic acids is 1. The van der Waals surface area contributed by atoms with Crippen LogP contribution < -0.4 is 4.72 Å². The van der Waals surface area contributed by atoms with Gasteiger partial charge in [-0.05, 0) is 48.5 Å².